The first-order valence-corrected chi connectivity index (χ1v) is 8.35. The number of hydrazone groups is 1. The second kappa shape index (κ2) is 7.80. The van der Waals surface area contributed by atoms with Crippen LogP contribution < -0.4 is 11.3 Å². The molecule has 24 heavy (non-hydrogen) atoms. The Morgan fingerprint density at radius 2 is 2.08 bits per heavy atom. The molecule has 0 fully saturated rings. The lowest BCUT2D eigenvalue weighted by atomic mass is 10.2. The predicted molar refractivity (Wildman–Crippen MR) is 96.6 cm³/mol. The lowest BCUT2D eigenvalue weighted by Crippen LogP contribution is -2.13. The lowest BCUT2D eigenvalue weighted by molar-refractivity contribution is 0.847. The number of nitrogens with one attached hydrogen (secondary N) is 1. The van der Waals surface area contributed by atoms with Gasteiger partial charge in [0.2, 0.25) is 5.16 Å². The quantitative estimate of drug-likeness (QED) is 0.304. The zero-order valence-electron chi connectivity index (χ0n) is 12.5. The number of hydrogen-bond acceptors (Lipinski definition) is 7. The molecule has 3 rings (SSSR count). The van der Waals surface area contributed by atoms with Crippen molar-refractivity contribution in [1.82, 2.24) is 19.9 Å². The normalized spacial score (nSPS) is 11.0. The molecule has 0 aliphatic rings. The van der Waals surface area contributed by atoms with Gasteiger partial charge in [0.25, 0.3) is 5.95 Å². The van der Waals surface area contributed by atoms with Crippen molar-refractivity contribution in [2.75, 3.05) is 11.3 Å². The van der Waals surface area contributed by atoms with E-state index in [1.807, 2.05) is 36.4 Å². The van der Waals surface area contributed by atoms with Gasteiger partial charge in [0.05, 0.1) is 6.21 Å². The number of benzene rings is 1. The molecule has 0 saturated carbocycles. The molecule has 2 heterocycles. The summed E-state index contributed by atoms with van der Waals surface area (Å²) in [6.07, 6.45) is 5.03. The molecule has 0 saturated heterocycles. The summed E-state index contributed by atoms with van der Waals surface area (Å²) in [5, 5.41) is 13.4. The summed E-state index contributed by atoms with van der Waals surface area (Å²) in [6.45, 7) is 0. The van der Waals surface area contributed by atoms with E-state index in [1.165, 1.54) is 16.4 Å². The first kappa shape index (κ1) is 16.3. The molecule has 1 aromatic carbocycles. The van der Waals surface area contributed by atoms with Crippen LogP contribution in [-0.2, 0) is 5.75 Å². The maximum atomic E-state index is 5.97. The molecule has 3 aromatic rings. The SMILES string of the molecule is Nn1c(N/N=C/c2cccnc2)nnc1SCc1ccc(Cl)cc1. The van der Waals surface area contributed by atoms with Crippen molar-refractivity contribution in [2.24, 2.45) is 5.10 Å². The van der Waals surface area contributed by atoms with Gasteiger partial charge in [-0.05, 0) is 23.8 Å². The second-order valence-corrected chi connectivity index (χ2v) is 6.13. The average molecular weight is 360 g/mol. The minimum absolute atomic E-state index is 0.355. The molecule has 122 valence electrons. The van der Waals surface area contributed by atoms with Crippen molar-refractivity contribution in [3.05, 3.63) is 64.9 Å². The van der Waals surface area contributed by atoms with Crippen LogP contribution >= 0.6 is 23.4 Å². The number of nitrogens with two attached hydrogens (primary N) is 1. The molecule has 0 aliphatic heterocycles. The Kier molecular flexibility index (Phi) is 5.29. The molecular weight excluding hydrogens is 346 g/mol. The summed E-state index contributed by atoms with van der Waals surface area (Å²) < 4.78 is 1.36. The monoisotopic (exact) mass is 359 g/mol. The summed E-state index contributed by atoms with van der Waals surface area (Å²) in [6, 6.07) is 11.3. The average Bonchev–Trinajstić information content (AvgIpc) is 2.96. The van der Waals surface area contributed by atoms with Crippen LogP contribution in [-0.4, -0.2) is 26.1 Å². The number of nitrogens with zero attached hydrogens (tertiary/aromatic N) is 5. The fourth-order valence-electron chi connectivity index (χ4n) is 1.80. The van der Waals surface area contributed by atoms with Crippen LogP contribution in [0.4, 0.5) is 5.95 Å². The number of pyridine rings is 1. The molecule has 0 atom stereocenters. The van der Waals surface area contributed by atoms with Gasteiger partial charge in [-0.1, -0.05) is 41.6 Å². The molecule has 0 bridgehead atoms. The maximum absolute atomic E-state index is 5.97. The van der Waals surface area contributed by atoms with E-state index < -0.39 is 0 Å². The van der Waals surface area contributed by atoms with E-state index in [0.29, 0.717) is 21.9 Å². The summed E-state index contributed by atoms with van der Waals surface area (Å²) in [7, 11) is 0. The van der Waals surface area contributed by atoms with E-state index in [9.17, 15) is 0 Å². The number of halogens is 1. The Morgan fingerprint density at radius 1 is 1.25 bits per heavy atom. The highest BCUT2D eigenvalue weighted by Crippen LogP contribution is 2.22. The largest absolute Gasteiger partial charge is 0.334 e. The molecule has 3 N–H and O–H groups in total. The third-order valence-corrected chi connectivity index (χ3v) is 4.27. The number of anilines is 1. The number of rotatable bonds is 6. The first-order valence-electron chi connectivity index (χ1n) is 6.99. The van der Waals surface area contributed by atoms with Crippen molar-refractivity contribution in [3.63, 3.8) is 0 Å². The summed E-state index contributed by atoms with van der Waals surface area (Å²) in [5.74, 6) is 7.04. The number of aromatic nitrogens is 4. The van der Waals surface area contributed by atoms with Crippen LogP contribution in [0.2, 0.25) is 5.02 Å². The van der Waals surface area contributed by atoms with E-state index in [-0.39, 0.29) is 0 Å². The summed E-state index contributed by atoms with van der Waals surface area (Å²) in [5.41, 5.74) is 4.75. The Bertz CT molecular complexity index is 818. The zero-order valence-corrected chi connectivity index (χ0v) is 14.1. The van der Waals surface area contributed by atoms with Gasteiger partial charge in [-0.25, -0.2) is 10.1 Å². The van der Waals surface area contributed by atoms with Crippen molar-refractivity contribution >= 4 is 35.5 Å². The Balaban J connectivity index is 1.59. The summed E-state index contributed by atoms with van der Waals surface area (Å²) >= 11 is 7.35. The highest BCUT2D eigenvalue weighted by atomic mass is 35.5. The fraction of sp³-hybridized carbons (Fsp3) is 0.0667. The maximum Gasteiger partial charge on any atom is 0.264 e. The summed E-state index contributed by atoms with van der Waals surface area (Å²) in [4.78, 5) is 4.00. The Morgan fingerprint density at radius 3 is 2.83 bits per heavy atom. The van der Waals surface area contributed by atoms with Crippen molar-refractivity contribution in [1.29, 1.82) is 0 Å². The minimum atomic E-state index is 0.355. The third kappa shape index (κ3) is 4.24. The van der Waals surface area contributed by atoms with Crippen LogP contribution in [0, 0.1) is 0 Å². The highest BCUT2D eigenvalue weighted by Gasteiger charge is 2.09. The molecule has 7 nitrogen and oxygen atoms in total. The van der Waals surface area contributed by atoms with E-state index in [1.54, 1.807) is 18.6 Å². The minimum Gasteiger partial charge on any atom is -0.334 e. The van der Waals surface area contributed by atoms with E-state index >= 15 is 0 Å². The lowest BCUT2D eigenvalue weighted by Gasteiger charge is -2.03. The van der Waals surface area contributed by atoms with Crippen LogP contribution in [0.5, 0.6) is 0 Å². The number of hydrogen-bond donors (Lipinski definition) is 2. The van der Waals surface area contributed by atoms with Gasteiger partial charge in [-0.2, -0.15) is 5.10 Å². The van der Waals surface area contributed by atoms with Gasteiger partial charge in [-0.15, -0.1) is 10.2 Å². The molecular formula is C15H14ClN7S. The molecule has 2 aromatic heterocycles. The van der Waals surface area contributed by atoms with E-state index in [4.69, 9.17) is 17.4 Å². The van der Waals surface area contributed by atoms with Gasteiger partial charge in [-0.3, -0.25) is 4.98 Å². The number of thioether (sulfide) groups is 1. The van der Waals surface area contributed by atoms with Crippen molar-refractivity contribution < 1.29 is 0 Å². The third-order valence-electron chi connectivity index (χ3n) is 3.01. The molecule has 0 aliphatic carbocycles. The Labute approximate surface area is 147 Å². The topological polar surface area (TPSA) is 94.0 Å². The van der Waals surface area contributed by atoms with Crippen LogP contribution in [0.3, 0.4) is 0 Å². The van der Waals surface area contributed by atoms with Gasteiger partial charge >= 0.3 is 0 Å². The number of nitrogen functional groups attached to an aromatic ring is 1. The fourth-order valence-corrected chi connectivity index (χ4v) is 2.74. The second-order valence-electron chi connectivity index (χ2n) is 4.75. The van der Waals surface area contributed by atoms with Crippen LogP contribution in [0.1, 0.15) is 11.1 Å². The highest BCUT2D eigenvalue weighted by molar-refractivity contribution is 7.98. The molecule has 0 radical (unpaired) electrons. The van der Waals surface area contributed by atoms with E-state index in [2.05, 4.69) is 25.7 Å². The van der Waals surface area contributed by atoms with Gasteiger partial charge in [0.15, 0.2) is 0 Å². The molecule has 0 spiro atoms. The van der Waals surface area contributed by atoms with Crippen molar-refractivity contribution in [2.45, 2.75) is 10.9 Å². The molecule has 0 unspecified atom stereocenters. The standard InChI is InChI=1S/C15H14ClN7S/c16-13-5-3-11(4-6-13)10-24-15-22-21-14(23(15)17)20-19-9-12-2-1-7-18-8-12/h1-9H,10,17H2,(H,20,21)/b19-9+. The predicted octanol–water partition coefficient (Wildman–Crippen LogP) is 2.78. The zero-order chi connectivity index (χ0) is 16.8. The van der Waals surface area contributed by atoms with Gasteiger partial charge < -0.3 is 5.84 Å². The van der Waals surface area contributed by atoms with Gasteiger partial charge in [0, 0.05) is 28.7 Å². The van der Waals surface area contributed by atoms with Crippen LogP contribution in [0.15, 0.2) is 59.0 Å². The van der Waals surface area contributed by atoms with Gasteiger partial charge in [0.1, 0.15) is 0 Å². The van der Waals surface area contributed by atoms with E-state index in [0.717, 1.165) is 11.1 Å². The molecule has 0 amide bonds. The Hall–Kier alpha value is -2.58. The molecule has 9 heteroatoms. The van der Waals surface area contributed by atoms with Crippen LogP contribution in [0.25, 0.3) is 0 Å². The first-order chi connectivity index (χ1) is 11.7. The van der Waals surface area contributed by atoms with Crippen molar-refractivity contribution in [3.8, 4) is 0 Å². The smallest absolute Gasteiger partial charge is 0.264 e.